The van der Waals surface area contributed by atoms with Gasteiger partial charge in [0.2, 0.25) is 0 Å². The largest absolute Gasteiger partial charge is 0.512 e. The molecule has 1 atom stereocenters. The van der Waals surface area contributed by atoms with Gasteiger partial charge in [0.1, 0.15) is 5.60 Å². The van der Waals surface area contributed by atoms with Gasteiger partial charge in [-0.05, 0) is 20.8 Å². The van der Waals surface area contributed by atoms with E-state index in [1.807, 2.05) is 0 Å². The molecule has 1 unspecified atom stereocenters. The van der Waals surface area contributed by atoms with Gasteiger partial charge in [-0.25, -0.2) is 9.59 Å². The number of alkyl halides is 3. The molecule has 1 N–H and O–H groups in total. The van der Waals surface area contributed by atoms with Gasteiger partial charge in [0, 0.05) is 0 Å². The number of carbonyl (C=O) groups excluding carboxylic acids is 1. The summed E-state index contributed by atoms with van der Waals surface area (Å²) in [6, 6.07) is 0. The quantitative estimate of drug-likeness (QED) is 0.478. The van der Waals surface area contributed by atoms with Crippen LogP contribution in [0.25, 0.3) is 0 Å². The predicted molar refractivity (Wildman–Crippen MR) is 60.5 cm³/mol. The molecular weight excluding hydrogens is 298 g/mol. The van der Waals surface area contributed by atoms with E-state index in [1.54, 1.807) is 20.8 Å². The second-order valence-corrected chi connectivity index (χ2v) is 6.21. The minimum Gasteiger partial charge on any atom is -0.450 e. The number of rotatable bonds is 2. The summed E-state index contributed by atoms with van der Waals surface area (Å²) in [5.41, 5.74) is -0.835. The Labute approximate surface area is 113 Å². The van der Waals surface area contributed by atoms with Gasteiger partial charge in [-0.2, -0.15) is 0 Å². The van der Waals surface area contributed by atoms with E-state index in [2.05, 4.69) is 9.47 Å². The highest BCUT2D eigenvalue weighted by molar-refractivity contribution is 6.68. The fraction of sp³-hybridized carbons (Fsp3) is 0.750. The molecule has 6 nitrogen and oxygen atoms in total. The first-order chi connectivity index (χ1) is 7.42. The van der Waals surface area contributed by atoms with Crippen LogP contribution in [-0.4, -0.2) is 33.1 Å². The van der Waals surface area contributed by atoms with E-state index in [1.165, 1.54) is 0 Å². The highest BCUT2D eigenvalue weighted by Gasteiger charge is 2.40. The summed E-state index contributed by atoms with van der Waals surface area (Å²) in [5.74, 6) is 0. The number of halogens is 3. The Balaban J connectivity index is 4.55. The summed E-state index contributed by atoms with van der Waals surface area (Å²) in [6.07, 6.45) is -4.89. The number of hydrogen-bond donors (Lipinski definition) is 1. The highest BCUT2D eigenvalue weighted by Crippen LogP contribution is 2.33. The van der Waals surface area contributed by atoms with Crippen LogP contribution in [0.1, 0.15) is 20.8 Å². The molecular formula is C8H11Cl3O6. The summed E-state index contributed by atoms with van der Waals surface area (Å²) in [7, 11) is 0. The second-order valence-electron chi connectivity index (χ2n) is 3.84. The first-order valence-corrected chi connectivity index (χ1v) is 5.41. The van der Waals surface area contributed by atoms with E-state index < -0.39 is 28.0 Å². The zero-order valence-electron chi connectivity index (χ0n) is 9.20. The van der Waals surface area contributed by atoms with Gasteiger partial charge in [0.15, 0.2) is 0 Å². The monoisotopic (exact) mass is 308 g/mol. The Bertz CT molecular complexity index is 293. The number of hydrogen-bond acceptors (Lipinski definition) is 5. The lowest BCUT2D eigenvalue weighted by molar-refractivity contribution is -0.109. The van der Waals surface area contributed by atoms with Crippen molar-refractivity contribution in [1.29, 1.82) is 0 Å². The summed E-state index contributed by atoms with van der Waals surface area (Å²) in [5, 5.41) is 8.36. The molecule has 0 aromatic heterocycles. The van der Waals surface area contributed by atoms with Crippen molar-refractivity contribution >= 4 is 47.1 Å². The van der Waals surface area contributed by atoms with Crippen LogP contribution in [0.2, 0.25) is 0 Å². The van der Waals surface area contributed by atoms with Gasteiger partial charge in [-0.15, -0.1) is 0 Å². The molecule has 0 rings (SSSR count). The maximum Gasteiger partial charge on any atom is 0.512 e. The van der Waals surface area contributed by atoms with Crippen molar-refractivity contribution in [3.63, 3.8) is 0 Å². The average Bonchev–Trinajstić information content (AvgIpc) is 1.95. The van der Waals surface area contributed by atoms with Crippen LogP contribution >= 0.6 is 34.8 Å². The van der Waals surface area contributed by atoms with Crippen molar-refractivity contribution in [1.82, 2.24) is 0 Å². The van der Waals surface area contributed by atoms with Crippen molar-refractivity contribution in [2.24, 2.45) is 0 Å². The lowest BCUT2D eigenvalue weighted by atomic mass is 10.2. The first-order valence-electron chi connectivity index (χ1n) is 4.28. The maximum absolute atomic E-state index is 11.2. The number of ether oxygens (including phenoxy) is 3. The second kappa shape index (κ2) is 5.84. The lowest BCUT2D eigenvalue weighted by Gasteiger charge is -2.25. The van der Waals surface area contributed by atoms with Gasteiger partial charge in [0.05, 0.1) is 0 Å². The molecule has 0 saturated carbocycles. The van der Waals surface area contributed by atoms with Gasteiger partial charge >= 0.3 is 18.6 Å². The molecule has 0 aliphatic rings. The van der Waals surface area contributed by atoms with E-state index in [9.17, 15) is 9.59 Å². The van der Waals surface area contributed by atoms with Gasteiger partial charge in [-0.1, -0.05) is 34.8 Å². The molecule has 100 valence electrons. The molecule has 0 amide bonds. The van der Waals surface area contributed by atoms with Crippen molar-refractivity contribution in [3.8, 4) is 0 Å². The lowest BCUT2D eigenvalue weighted by Crippen LogP contribution is -2.37. The van der Waals surface area contributed by atoms with Crippen LogP contribution in [0.15, 0.2) is 0 Å². The molecule has 0 aromatic rings. The molecule has 0 aliphatic carbocycles. The molecule has 0 fully saturated rings. The molecule has 0 spiro atoms. The molecule has 0 saturated heterocycles. The average molecular weight is 310 g/mol. The van der Waals surface area contributed by atoms with Crippen LogP contribution in [0.4, 0.5) is 9.59 Å². The molecule has 0 aliphatic heterocycles. The SMILES string of the molecule is CC(C)(C)OC(=O)OC(OC(=O)O)C(Cl)(Cl)Cl. The highest BCUT2D eigenvalue weighted by atomic mass is 35.6. The van der Waals surface area contributed by atoms with Crippen LogP contribution in [0.5, 0.6) is 0 Å². The Kier molecular flexibility index (Phi) is 5.64. The van der Waals surface area contributed by atoms with Crippen LogP contribution in [0, 0.1) is 0 Å². The van der Waals surface area contributed by atoms with E-state index >= 15 is 0 Å². The zero-order chi connectivity index (χ0) is 13.9. The summed E-state index contributed by atoms with van der Waals surface area (Å²) in [4.78, 5) is 21.5. The third-order valence-electron chi connectivity index (χ3n) is 1.07. The fourth-order valence-electron chi connectivity index (χ4n) is 0.611. The van der Waals surface area contributed by atoms with E-state index in [0.29, 0.717) is 0 Å². The minimum absolute atomic E-state index is 0.835. The summed E-state index contributed by atoms with van der Waals surface area (Å²) < 4.78 is 11.0. The molecule has 17 heavy (non-hydrogen) atoms. The number of carboxylic acid groups (broad SMARTS) is 1. The Hall–Kier alpha value is -0.590. The zero-order valence-corrected chi connectivity index (χ0v) is 11.5. The third-order valence-corrected chi connectivity index (χ3v) is 1.60. The van der Waals surface area contributed by atoms with E-state index in [0.717, 1.165) is 0 Å². The van der Waals surface area contributed by atoms with Crippen LogP contribution in [-0.2, 0) is 14.2 Å². The van der Waals surface area contributed by atoms with Crippen molar-refractivity contribution in [2.45, 2.75) is 36.5 Å². The molecule has 0 heterocycles. The maximum atomic E-state index is 11.2. The molecule has 0 bridgehead atoms. The van der Waals surface area contributed by atoms with E-state index in [-0.39, 0.29) is 0 Å². The Morgan fingerprint density at radius 2 is 1.59 bits per heavy atom. The van der Waals surface area contributed by atoms with E-state index in [4.69, 9.17) is 44.6 Å². The summed E-state index contributed by atoms with van der Waals surface area (Å²) in [6.45, 7) is 4.74. The van der Waals surface area contributed by atoms with Crippen molar-refractivity contribution < 1.29 is 28.9 Å². The summed E-state index contributed by atoms with van der Waals surface area (Å²) >= 11 is 16.1. The normalized spacial score (nSPS) is 13.8. The smallest absolute Gasteiger partial charge is 0.450 e. The van der Waals surface area contributed by atoms with Crippen molar-refractivity contribution in [2.75, 3.05) is 0 Å². The van der Waals surface area contributed by atoms with Crippen LogP contribution in [0.3, 0.4) is 0 Å². The first kappa shape index (κ1) is 16.4. The number of carbonyl (C=O) groups is 2. The molecule has 9 heteroatoms. The Morgan fingerprint density at radius 3 is 1.88 bits per heavy atom. The topological polar surface area (TPSA) is 82.1 Å². The fourth-order valence-corrected chi connectivity index (χ4v) is 0.878. The predicted octanol–water partition coefficient (Wildman–Crippen LogP) is 3.33. The van der Waals surface area contributed by atoms with Gasteiger partial charge < -0.3 is 19.3 Å². The molecule has 0 radical (unpaired) electrons. The van der Waals surface area contributed by atoms with Crippen LogP contribution < -0.4 is 0 Å². The van der Waals surface area contributed by atoms with Crippen molar-refractivity contribution in [3.05, 3.63) is 0 Å². The minimum atomic E-state index is -2.25. The third kappa shape index (κ3) is 8.18. The standard InChI is InChI=1S/C8H11Cl3O6/c1-7(2,3)17-6(14)16-4(8(9,10)11)15-5(12)13/h4H,1-3H3,(H,12,13). The Morgan fingerprint density at radius 1 is 1.12 bits per heavy atom. The molecule has 0 aromatic carbocycles. The van der Waals surface area contributed by atoms with Gasteiger partial charge in [0.25, 0.3) is 3.79 Å². The van der Waals surface area contributed by atoms with Gasteiger partial charge in [-0.3, -0.25) is 0 Å².